The van der Waals surface area contributed by atoms with E-state index in [2.05, 4.69) is 6.58 Å². The van der Waals surface area contributed by atoms with Crippen molar-refractivity contribution in [1.29, 1.82) is 0 Å². The van der Waals surface area contributed by atoms with Crippen LogP contribution < -0.4 is 0 Å². The lowest BCUT2D eigenvalue weighted by molar-refractivity contribution is -0.159. The number of carbonyl (C=O) groups is 3. The van der Waals surface area contributed by atoms with Gasteiger partial charge < -0.3 is 9.47 Å². The molecule has 1 heterocycles. The van der Waals surface area contributed by atoms with Crippen LogP contribution in [0.2, 0.25) is 0 Å². The molecule has 6 heteroatoms. The van der Waals surface area contributed by atoms with Crippen molar-refractivity contribution in [3.63, 3.8) is 0 Å². The Hall–Kier alpha value is -2.63. The summed E-state index contributed by atoms with van der Waals surface area (Å²) < 4.78 is 10.6. The highest BCUT2D eigenvalue weighted by Crippen LogP contribution is 2.33. The number of esters is 1. The summed E-state index contributed by atoms with van der Waals surface area (Å²) >= 11 is 0. The van der Waals surface area contributed by atoms with Crippen LogP contribution in [0.3, 0.4) is 0 Å². The number of hydrogen-bond acceptors (Lipinski definition) is 5. The Bertz CT molecular complexity index is 722. The molecular formula is C22H29NO5. The molecule has 2 amide bonds. The number of imide groups is 1. The monoisotopic (exact) mass is 387 g/mol. The molecule has 0 radical (unpaired) electrons. The van der Waals surface area contributed by atoms with Gasteiger partial charge in [-0.15, -0.1) is 6.58 Å². The van der Waals surface area contributed by atoms with Crippen LogP contribution in [0.4, 0.5) is 4.79 Å². The van der Waals surface area contributed by atoms with Gasteiger partial charge in [0.1, 0.15) is 18.2 Å². The fraction of sp³-hybridized carbons (Fsp3) is 0.500. The molecule has 0 N–H and O–H groups in total. The third kappa shape index (κ3) is 5.44. The van der Waals surface area contributed by atoms with E-state index < -0.39 is 35.5 Å². The maximum Gasteiger partial charge on any atom is 0.417 e. The lowest BCUT2D eigenvalue weighted by atomic mass is 9.86. The van der Waals surface area contributed by atoms with Crippen molar-refractivity contribution < 1.29 is 23.9 Å². The molecule has 6 nitrogen and oxygen atoms in total. The molecule has 1 aromatic carbocycles. The van der Waals surface area contributed by atoms with E-state index in [9.17, 15) is 14.4 Å². The van der Waals surface area contributed by atoms with Gasteiger partial charge in [-0.1, -0.05) is 43.3 Å². The van der Waals surface area contributed by atoms with Gasteiger partial charge in [-0.3, -0.25) is 9.59 Å². The second kappa shape index (κ2) is 9.04. The molecule has 2 unspecified atom stereocenters. The molecule has 3 atom stereocenters. The maximum absolute atomic E-state index is 13.3. The topological polar surface area (TPSA) is 72.9 Å². The molecule has 1 aliphatic heterocycles. The quantitative estimate of drug-likeness (QED) is 0.516. The van der Waals surface area contributed by atoms with Gasteiger partial charge in [0.05, 0.1) is 12.3 Å². The first kappa shape index (κ1) is 21.7. The summed E-state index contributed by atoms with van der Waals surface area (Å²) in [6, 6.07) is 8.76. The molecule has 0 bridgehead atoms. The minimum atomic E-state index is -0.704. The van der Waals surface area contributed by atoms with Crippen LogP contribution in [0.1, 0.15) is 52.1 Å². The van der Waals surface area contributed by atoms with Crippen LogP contribution in [0.25, 0.3) is 0 Å². The Morgan fingerprint density at radius 1 is 1.32 bits per heavy atom. The Balaban J connectivity index is 2.27. The fourth-order valence-corrected chi connectivity index (χ4v) is 3.29. The van der Waals surface area contributed by atoms with E-state index in [-0.39, 0.29) is 18.9 Å². The van der Waals surface area contributed by atoms with Crippen LogP contribution in [0, 0.1) is 11.8 Å². The van der Waals surface area contributed by atoms with E-state index >= 15 is 0 Å². The van der Waals surface area contributed by atoms with Crippen LogP contribution in [-0.4, -0.2) is 35.1 Å². The van der Waals surface area contributed by atoms with Gasteiger partial charge in [0.15, 0.2) is 0 Å². The second-order valence-corrected chi connectivity index (χ2v) is 8.11. The summed E-state index contributed by atoms with van der Waals surface area (Å²) in [6.07, 6.45) is 1.46. The number of nitrogens with zero attached hydrogens (tertiary/aromatic N) is 1. The van der Waals surface area contributed by atoms with Gasteiger partial charge in [-0.2, -0.15) is 0 Å². The zero-order chi connectivity index (χ0) is 20.9. The van der Waals surface area contributed by atoms with Gasteiger partial charge >= 0.3 is 12.1 Å². The largest absolute Gasteiger partial charge is 0.460 e. The SMILES string of the molecule is C=CCC(C)C(CC(=O)OC(C)(C)C)C(=O)N1C(=O)OC[C@H]1c1ccccc1. The first-order valence-electron chi connectivity index (χ1n) is 9.51. The average molecular weight is 387 g/mol. The number of carbonyl (C=O) groups excluding carboxylic acids is 3. The lowest BCUT2D eigenvalue weighted by Crippen LogP contribution is -2.42. The van der Waals surface area contributed by atoms with Crippen molar-refractivity contribution in [3.05, 3.63) is 48.6 Å². The highest BCUT2D eigenvalue weighted by molar-refractivity contribution is 5.96. The highest BCUT2D eigenvalue weighted by Gasteiger charge is 2.43. The number of hydrogen-bond donors (Lipinski definition) is 0. The third-order valence-electron chi connectivity index (χ3n) is 4.64. The highest BCUT2D eigenvalue weighted by atomic mass is 16.6. The summed E-state index contributed by atoms with van der Waals surface area (Å²) in [4.78, 5) is 39.2. The third-order valence-corrected chi connectivity index (χ3v) is 4.64. The standard InChI is InChI=1S/C22H29NO5/c1-6-10-15(2)17(13-19(24)28-22(3,4)5)20(25)23-18(14-27-21(23)26)16-11-8-7-9-12-16/h6-9,11-12,15,17-18H,1,10,13-14H2,2-5H3/t15?,17?,18-/m0/s1. The number of cyclic esters (lactones) is 1. The van der Waals surface area contributed by atoms with E-state index in [1.165, 1.54) is 0 Å². The molecule has 0 aliphatic carbocycles. The summed E-state index contributed by atoms with van der Waals surface area (Å²) in [6.45, 7) is 11.0. The van der Waals surface area contributed by atoms with E-state index in [4.69, 9.17) is 9.47 Å². The van der Waals surface area contributed by atoms with Crippen molar-refractivity contribution >= 4 is 18.0 Å². The normalized spacial score (nSPS) is 18.9. The van der Waals surface area contributed by atoms with Gasteiger partial charge in [-0.25, -0.2) is 9.69 Å². The van der Waals surface area contributed by atoms with Crippen molar-refractivity contribution in [2.45, 2.75) is 52.2 Å². The van der Waals surface area contributed by atoms with Crippen molar-refractivity contribution in [2.75, 3.05) is 6.61 Å². The average Bonchev–Trinajstić information content (AvgIpc) is 3.00. The van der Waals surface area contributed by atoms with Crippen LogP contribution in [0.15, 0.2) is 43.0 Å². The number of ether oxygens (including phenoxy) is 2. The first-order valence-corrected chi connectivity index (χ1v) is 9.51. The molecule has 1 saturated heterocycles. The Morgan fingerprint density at radius 3 is 2.54 bits per heavy atom. The molecule has 152 valence electrons. The van der Waals surface area contributed by atoms with Gasteiger partial charge in [-0.05, 0) is 38.7 Å². The molecule has 1 aliphatic rings. The van der Waals surface area contributed by atoms with Crippen LogP contribution >= 0.6 is 0 Å². The van der Waals surface area contributed by atoms with Gasteiger partial charge in [0.25, 0.3) is 0 Å². The zero-order valence-electron chi connectivity index (χ0n) is 17.0. The minimum absolute atomic E-state index is 0.101. The number of allylic oxidation sites excluding steroid dienone is 1. The summed E-state index contributed by atoms with van der Waals surface area (Å²) in [5.41, 5.74) is 0.167. The smallest absolute Gasteiger partial charge is 0.417 e. The fourth-order valence-electron chi connectivity index (χ4n) is 3.29. The summed E-state index contributed by atoms with van der Waals surface area (Å²) in [5, 5.41) is 0. The number of rotatable bonds is 7. The molecule has 0 aromatic heterocycles. The summed E-state index contributed by atoms with van der Waals surface area (Å²) in [7, 11) is 0. The molecule has 1 aromatic rings. The van der Waals surface area contributed by atoms with E-state index in [1.807, 2.05) is 37.3 Å². The Labute approximate surface area is 166 Å². The molecule has 2 rings (SSSR count). The molecule has 1 fully saturated rings. The predicted octanol–water partition coefficient (Wildman–Crippen LogP) is 4.27. The minimum Gasteiger partial charge on any atom is -0.460 e. The van der Waals surface area contributed by atoms with E-state index in [0.717, 1.165) is 10.5 Å². The Kier molecular flexibility index (Phi) is 7.00. The molecule has 0 saturated carbocycles. The van der Waals surface area contributed by atoms with Crippen LogP contribution in [-0.2, 0) is 19.1 Å². The van der Waals surface area contributed by atoms with Gasteiger partial charge in [0, 0.05) is 0 Å². The lowest BCUT2D eigenvalue weighted by Gasteiger charge is -2.29. The Morgan fingerprint density at radius 2 is 1.96 bits per heavy atom. The van der Waals surface area contributed by atoms with Gasteiger partial charge in [0.2, 0.25) is 5.91 Å². The predicted molar refractivity (Wildman–Crippen MR) is 105 cm³/mol. The molecule has 0 spiro atoms. The van der Waals surface area contributed by atoms with Crippen LogP contribution in [0.5, 0.6) is 0 Å². The number of benzene rings is 1. The zero-order valence-corrected chi connectivity index (χ0v) is 17.0. The molecule has 28 heavy (non-hydrogen) atoms. The maximum atomic E-state index is 13.3. The second-order valence-electron chi connectivity index (χ2n) is 8.11. The van der Waals surface area contributed by atoms with E-state index in [1.54, 1.807) is 26.8 Å². The molecular weight excluding hydrogens is 358 g/mol. The van der Waals surface area contributed by atoms with Crippen molar-refractivity contribution in [2.24, 2.45) is 11.8 Å². The first-order chi connectivity index (χ1) is 13.1. The van der Waals surface area contributed by atoms with Crippen molar-refractivity contribution in [3.8, 4) is 0 Å². The number of amides is 2. The summed E-state index contributed by atoms with van der Waals surface area (Å²) in [5.74, 6) is -1.77. The van der Waals surface area contributed by atoms with E-state index in [0.29, 0.717) is 6.42 Å². The van der Waals surface area contributed by atoms with Crippen molar-refractivity contribution in [1.82, 2.24) is 4.90 Å².